The molecule has 0 atom stereocenters. The molecule has 6 heteroatoms. The van der Waals surface area contributed by atoms with Gasteiger partial charge >= 0.3 is 5.97 Å². The highest BCUT2D eigenvalue weighted by molar-refractivity contribution is 7.99. The molecule has 0 saturated heterocycles. The van der Waals surface area contributed by atoms with Crippen molar-refractivity contribution in [1.29, 1.82) is 0 Å². The minimum Gasteiger partial charge on any atom is -0.478 e. The predicted molar refractivity (Wildman–Crippen MR) is 105 cm³/mol. The molecule has 138 valence electrons. The number of carboxylic acids is 1. The summed E-state index contributed by atoms with van der Waals surface area (Å²) in [5.74, 6) is -0.228. The molecule has 0 saturated carbocycles. The zero-order chi connectivity index (χ0) is 19.2. The van der Waals surface area contributed by atoms with Crippen LogP contribution in [0, 0.1) is 12.7 Å². The summed E-state index contributed by atoms with van der Waals surface area (Å²) >= 11 is 1.41. The number of hydrogen-bond donors (Lipinski definition) is 1. The third-order valence-corrected chi connectivity index (χ3v) is 5.13. The Morgan fingerprint density at radius 1 is 1.07 bits per heavy atom. The molecule has 0 amide bonds. The van der Waals surface area contributed by atoms with E-state index >= 15 is 0 Å². The van der Waals surface area contributed by atoms with Crippen LogP contribution < -0.4 is 0 Å². The van der Waals surface area contributed by atoms with Gasteiger partial charge in [-0.15, -0.1) is 11.8 Å². The van der Waals surface area contributed by atoms with E-state index in [2.05, 4.69) is 22.1 Å². The Hall–Kier alpha value is -2.73. The zero-order valence-electron chi connectivity index (χ0n) is 14.9. The van der Waals surface area contributed by atoms with Crippen molar-refractivity contribution >= 4 is 17.7 Å². The summed E-state index contributed by atoms with van der Waals surface area (Å²) in [6.45, 7) is 1.66. The smallest absolute Gasteiger partial charge is 0.340 e. The molecule has 1 heterocycles. The molecule has 0 unspecified atom stereocenters. The van der Waals surface area contributed by atoms with Gasteiger partial charge in [0.1, 0.15) is 16.4 Å². The summed E-state index contributed by atoms with van der Waals surface area (Å²) in [6.07, 6.45) is 1.83. The first-order chi connectivity index (χ1) is 13.0. The van der Waals surface area contributed by atoms with Crippen molar-refractivity contribution in [2.75, 3.05) is 5.75 Å². The van der Waals surface area contributed by atoms with Gasteiger partial charge in [0.15, 0.2) is 5.82 Å². The van der Waals surface area contributed by atoms with Crippen molar-refractivity contribution in [2.45, 2.75) is 24.8 Å². The van der Waals surface area contributed by atoms with E-state index in [0.29, 0.717) is 22.1 Å². The highest BCUT2D eigenvalue weighted by Gasteiger charge is 2.19. The Morgan fingerprint density at radius 3 is 2.44 bits per heavy atom. The molecule has 3 aromatic rings. The van der Waals surface area contributed by atoms with E-state index in [1.807, 2.05) is 18.2 Å². The van der Waals surface area contributed by atoms with E-state index in [4.69, 9.17) is 0 Å². The number of aromatic nitrogens is 2. The number of carboxylic acid groups (broad SMARTS) is 1. The summed E-state index contributed by atoms with van der Waals surface area (Å²) in [5, 5.41) is 9.98. The van der Waals surface area contributed by atoms with E-state index in [1.165, 1.54) is 29.5 Å². The van der Waals surface area contributed by atoms with Crippen LogP contribution in [0.4, 0.5) is 4.39 Å². The van der Waals surface area contributed by atoms with E-state index < -0.39 is 5.97 Å². The van der Waals surface area contributed by atoms with Crippen LogP contribution in [-0.4, -0.2) is 26.8 Å². The quantitative estimate of drug-likeness (QED) is 0.353. The summed E-state index contributed by atoms with van der Waals surface area (Å²) in [4.78, 5) is 20.4. The Morgan fingerprint density at radius 2 is 1.78 bits per heavy atom. The highest BCUT2D eigenvalue weighted by atomic mass is 32.2. The number of aromatic carboxylic acids is 1. The topological polar surface area (TPSA) is 63.1 Å². The Bertz CT molecular complexity index is 931. The van der Waals surface area contributed by atoms with Crippen LogP contribution in [0.3, 0.4) is 0 Å². The molecule has 0 radical (unpaired) electrons. The number of benzene rings is 2. The second kappa shape index (κ2) is 8.77. The molecule has 1 N–H and O–H groups in total. The predicted octanol–water partition coefficient (Wildman–Crippen LogP) is 5.01. The second-order valence-corrected chi connectivity index (χ2v) is 7.15. The van der Waals surface area contributed by atoms with Gasteiger partial charge < -0.3 is 5.11 Å². The van der Waals surface area contributed by atoms with Gasteiger partial charge in [0, 0.05) is 5.56 Å². The highest BCUT2D eigenvalue weighted by Crippen LogP contribution is 2.27. The van der Waals surface area contributed by atoms with Crippen LogP contribution in [0.1, 0.15) is 28.0 Å². The molecule has 0 spiro atoms. The maximum atomic E-state index is 13.2. The summed E-state index contributed by atoms with van der Waals surface area (Å²) < 4.78 is 13.2. The van der Waals surface area contributed by atoms with Gasteiger partial charge in [-0.3, -0.25) is 0 Å². The fourth-order valence-corrected chi connectivity index (χ4v) is 3.73. The molecule has 3 rings (SSSR count). The summed E-state index contributed by atoms with van der Waals surface area (Å²) in [5.41, 5.74) is 2.44. The van der Waals surface area contributed by atoms with Crippen molar-refractivity contribution in [2.24, 2.45) is 0 Å². The van der Waals surface area contributed by atoms with Gasteiger partial charge in [0.2, 0.25) is 0 Å². The molecule has 2 aromatic carbocycles. The molecule has 0 bridgehead atoms. The molecule has 0 aliphatic carbocycles. The molecule has 0 fully saturated rings. The van der Waals surface area contributed by atoms with E-state index in [0.717, 1.165) is 18.6 Å². The monoisotopic (exact) mass is 382 g/mol. The van der Waals surface area contributed by atoms with Crippen LogP contribution in [-0.2, 0) is 6.42 Å². The third-order valence-electron chi connectivity index (χ3n) is 4.06. The number of aryl methyl sites for hydroxylation is 2. The number of thioether (sulfide) groups is 1. The minimum absolute atomic E-state index is 0.130. The van der Waals surface area contributed by atoms with Gasteiger partial charge in [-0.1, -0.05) is 30.3 Å². The van der Waals surface area contributed by atoms with Crippen molar-refractivity contribution in [3.63, 3.8) is 0 Å². The van der Waals surface area contributed by atoms with Crippen molar-refractivity contribution < 1.29 is 14.3 Å². The Labute approximate surface area is 161 Å². The number of hydrogen-bond acceptors (Lipinski definition) is 4. The van der Waals surface area contributed by atoms with Gasteiger partial charge in [-0.05, 0) is 55.3 Å². The van der Waals surface area contributed by atoms with Gasteiger partial charge in [0.05, 0.1) is 5.69 Å². The fourth-order valence-electron chi connectivity index (χ4n) is 2.72. The molecule has 0 aliphatic rings. The maximum Gasteiger partial charge on any atom is 0.340 e. The fraction of sp³-hybridized carbons (Fsp3) is 0.190. The molecular weight excluding hydrogens is 363 g/mol. The zero-order valence-corrected chi connectivity index (χ0v) is 15.7. The van der Waals surface area contributed by atoms with Crippen LogP contribution in [0.2, 0.25) is 0 Å². The van der Waals surface area contributed by atoms with E-state index in [1.54, 1.807) is 19.1 Å². The molecule has 0 aliphatic heterocycles. The number of halogens is 1. The SMILES string of the molecule is Cc1nc(-c2ccc(F)cc2)nc(SCCCc2ccccc2)c1C(=O)O. The maximum absolute atomic E-state index is 13.2. The van der Waals surface area contributed by atoms with Gasteiger partial charge in [-0.2, -0.15) is 0 Å². The van der Waals surface area contributed by atoms with Gasteiger partial charge in [0.25, 0.3) is 0 Å². The minimum atomic E-state index is -1.04. The second-order valence-electron chi connectivity index (χ2n) is 6.06. The molecule has 1 aromatic heterocycles. The summed E-state index contributed by atoms with van der Waals surface area (Å²) in [6, 6.07) is 16.0. The molecule has 27 heavy (non-hydrogen) atoms. The standard InChI is InChI=1S/C21H19FN2O2S/c1-14-18(21(25)26)20(27-13-5-8-15-6-3-2-4-7-15)24-19(23-14)16-9-11-17(22)12-10-16/h2-4,6-7,9-12H,5,8,13H2,1H3,(H,25,26). The Kier molecular flexibility index (Phi) is 6.19. The average Bonchev–Trinajstić information content (AvgIpc) is 2.66. The number of carbonyl (C=O) groups is 1. The normalized spacial score (nSPS) is 10.7. The van der Waals surface area contributed by atoms with Crippen molar-refractivity contribution in [3.8, 4) is 11.4 Å². The largest absolute Gasteiger partial charge is 0.478 e. The van der Waals surface area contributed by atoms with Crippen molar-refractivity contribution in [3.05, 3.63) is 77.2 Å². The number of nitrogens with zero attached hydrogens (tertiary/aromatic N) is 2. The van der Waals surface area contributed by atoms with Crippen LogP contribution in [0.25, 0.3) is 11.4 Å². The lowest BCUT2D eigenvalue weighted by Crippen LogP contribution is -2.08. The van der Waals surface area contributed by atoms with E-state index in [-0.39, 0.29) is 11.4 Å². The molecule has 4 nitrogen and oxygen atoms in total. The molecular formula is C21H19FN2O2S. The van der Waals surface area contributed by atoms with Crippen LogP contribution >= 0.6 is 11.8 Å². The summed E-state index contributed by atoms with van der Waals surface area (Å²) in [7, 11) is 0. The van der Waals surface area contributed by atoms with E-state index in [9.17, 15) is 14.3 Å². The van der Waals surface area contributed by atoms with Crippen molar-refractivity contribution in [1.82, 2.24) is 9.97 Å². The number of rotatable bonds is 7. The van der Waals surface area contributed by atoms with Crippen LogP contribution in [0.15, 0.2) is 59.6 Å². The first-order valence-electron chi connectivity index (χ1n) is 8.59. The first kappa shape index (κ1) is 19.0. The average molecular weight is 382 g/mol. The lowest BCUT2D eigenvalue weighted by molar-refractivity contribution is 0.0690. The third kappa shape index (κ3) is 4.92. The first-order valence-corrected chi connectivity index (χ1v) is 9.58. The lowest BCUT2D eigenvalue weighted by Gasteiger charge is -2.10. The lowest BCUT2D eigenvalue weighted by atomic mass is 10.1. The Balaban J connectivity index is 1.79. The van der Waals surface area contributed by atoms with Crippen LogP contribution in [0.5, 0.6) is 0 Å². The van der Waals surface area contributed by atoms with Gasteiger partial charge in [-0.25, -0.2) is 19.2 Å².